The minimum Gasteiger partial charge on any atom is -0.379 e. The summed E-state index contributed by atoms with van der Waals surface area (Å²) >= 11 is 0. The summed E-state index contributed by atoms with van der Waals surface area (Å²) in [5, 5.41) is 2.79. The molecule has 0 saturated heterocycles. The minimum atomic E-state index is -0.542. The second kappa shape index (κ2) is 6.43. The minimum absolute atomic E-state index is 0.0327. The van der Waals surface area contributed by atoms with Crippen LogP contribution >= 0.6 is 0 Å². The molecule has 0 atom stereocenters. The molecule has 0 unspecified atom stereocenters. The molecule has 1 aromatic carbocycles. The van der Waals surface area contributed by atoms with Gasteiger partial charge < -0.3 is 10.2 Å². The van der Waals surface area contributed by atoms with Crippen LogP contribution in [0.25, 0.3) is 0 Å². The van der Waals surface area contributed by atoms with Gasteiger partial charge in [-0.3, -0.25) is 0 Å². The number of nitrogens with zero attached hydrogens (tertiary/aromatic N) is 1. The summed E-state index contributed by atoms with van der Waals surface area (Å²) in [5.74, 6) is -1.08. The van der Waals surface area contributed by atoms with Crippen molar-refractivity contribution in [3.63, 3.8) is 0 Å². The lowest BCUT2D eigenvalue weighted by molar-refractivity contribution is 0.315. The number of likely N-dealkylation sites (N-methyl/N-ethyl adjacent to an activating group) is 1. The molecule has 90 valence electrons. The van der Waals surface area contributed by atoms with Crippen LogP contribution in [-0.2, 0) is 0 Å². The van der Waals surface area contributed by atoms with Gasteiger partial charge in [-0.1, -0.05) is 19.9 Å². The Kier molecular flexibility index (Phi) is 5.19. The molecular formula is C12H18F2N2. The number of benzene rings is 1. The lowest BCUT2D eigenvalue weighted by Gasteiger charge is -2.18. The predicted molar refractivity (Wildman–Crippen MR) is 62.6 cm³/mol. The summed E-state index contributed by atoms with van der Waals surface area (Å²) in [5.41, 5.74) is -0.0327. The van der Waals surface area contributed by atoms with Crippen molar-refractivity contribution in [3.05, 3.63) is 29.8 Å². The summed E-state index contributed by atoms with van der Waals surface area (Å²) in [6.45, 7) is 7.33. The number of hydrogen-bond donors (Lipinski definition) is 1. The summed E-state index contributed by atoms with van der Waals surface area (Å²) in [7, 11) is 0. The first-order chi connectivity index (χ1) is 7.69. The van der Waals surface area contributed by atoms with Crippen LogP contribution in [0.5, 0.6) is 0 Å². The zero-order chi connectivity index (χ0) is 12.0. The number of nitrogens with one attached hydrogen (secondary N) is 1. The van der Waals surface area contributed by atoms with Crippen molar-refractivity contribution in [1.82, 2.24) is 4.90 Å². The maximum atomic E-state index is 13.2. The lowest BCUT2D eigenvalue weighted by Crippen LogP contribution is -2.28. The predicted octanol–water partition coefficient (Wildman–Crippen LogP) is 2.72. The van der Waals surface area contributed by atoms with Crippen LogP contribution in [0.3, 0.4) is 0 Å². The van der Waals surface area contributed by atoms with E-state index in [1.54, 1.807) is 0 Å². The van der Waals surface area contributed by atoms with Crippen LogP contribution in [0.2, 0.25) is 0 Å². The molecule has 0 amide bonds. The molecule has 1 aromatic rings. The van der Waals surface area contributed by atoms with Gasteiger partial charge in [0.05, 0.1) is 0 Å². The highest BCUT2D eigenvalue weighted by Crippen LogP contribution is 2.17. The molecule has 0 aromatic heterocycles. The van der Waals surface area contributed by atoms with E-state index < -0.39 is 11.6 Å². The van der Waals surface area contributed by atoms with E-state index >= 15 is 0 Å². The highest BCUT2D eigenvalue weighted by atomic mass is 19.1. The van der Waals surface area contributed by atoms with Gasteiger partial charge in [-0.2, -0.15) is 0 Å². The maximum Gasteiger partial charge on any atom is 0.149 e. The van der Waals surface area contributed by atoms with Gasteiger partial charge in [-0.05, 0) is 25.2 Å². The lowest BCUT2D eigenvalue weighted by atomic mass is 10.3. The topological polar surface area (TPSA) is 15.3 Å². The Morgan fingerprint density at radius 1 is 1.12 bits per heavy atom. The fraction of sp³-hybridized carbons (Fsp3) is 0.500. The Morgan fingerprint density at radius 2 is 1.69 bits per heavy atom. The van der Waals surface area contributed by atoms with E-state index in [2.05, 4.69) is 24.1 Å². The molecule has 4 heteroatoms. The number of anilines is 1. The third-order valence-electron chi connectivity index (χ3n) is 2.59. The second-order valence-corrected chi connectivity index (χ2v) is 3.55. The molecule has 0 saturated carbocycles. The first-order valence-electron chi connectivity index (χ1n) is 5.59. The summed E-state index contributed by atoms with van der Waals surface area (Å²) in [6.07, 6.45) is 0. The maximum absolute atomic E-state index is 13.2. The van der Waals surface area contributed by atoms with Gasteiger partial charge >= 0.3 is 0 Å². The number of rotatable bonds is 6. The molecule has 0 aliphatic heterocycles. The average Bonchev–Trinajstić information content (AvgIpc) is 2.28. The van der Waals surface area contributed by atoms with Gasteiger partial charge in [-0.15, -0.1) is 0 Å². The molecule has 16 heavy (non-hydrogen) atoms. The third-order valence-corrected chi connectivity index (χ3v) is 2.59. The quantitative estimate of drug-likeness (QED) is 0.805. The Hall–Kier alpha value is -1.16. The van der Waals surface area contributed by atoms with Crippen LogP contribution in [-0.4, -0.2) is 31.1 Å². The van der Waals surface area contributed by atoms with Gasteiger partial charge in [-0.25, -0.2) is 8.78 Å². The molecule has 0 fully saturated rings. The van der Waals surface area contributed by atoms with Crippen molar-refractivity contribution >= 4 is 5.69 Å². The zero-order valence-electron chi connectivity index (χ0n) is 9.76. The van der Waals surface area contributed by atoms with Crippen LogP contribution in [0.15, 0.2) is 18.2 Å². The Labute approximate surface area is 95.3 Å². The van der Waals surface area contributed by atoms with E-state index in [-0.39, 0.29) is 5.69 Å². The first-order valence-corrected chi connectivity index (χ1v) is 5.59. The largest absolute Gasteiger partial charge is 0.379 e. The van der Waals surface area contributed by atoms with Crippen LogP contribution < -0.4 is 5.32 Å². The SMILES string of the molecule is CCN(CC)CCNc1c(F)cccc1F. The summed E-state index contributed by atoms with van der Waals surface area (Å²) < 4.78 is 26.4. The second-order valence-electron chi connectivity index (χ2n) is 3.55. The highest BCUT2D eigenvalue weighted by Gasteiger charge is 2.07. The third kappa shape index (κ3) is 3.45. The molecule has 0 bridgehead atoms. The van der Waals surface area contributed by atoms with Crippen LogP contribution in [0, 0.1) is 11.6 Å². The number of hydrogen-bond acceptors (Lipinski definition) is 2. The summed E-state index contributed by atoms with van der Waals surface area (Å²) in [4.78, 5) is 2.19. The van der Waals surface area contributed by atoms with Crippen LogP contribution in [0.1, 0.15) is 13.8 Å². The van der Waals surface area contributed by atoms with Crippen molar-refractivity contribution in [2.45, 2.75) is 13.8 Å². The van der Waals surface area contributed by atoms with Crippen molar-refractivity contribution < 1.29 is 8.78 Å². The van der Waals surface area contributed by atoms with E-state index in [4.69, 9.17) is 0 Å². The highest BCUT2D eigenvalue weighted by molar-refractivity contribution is 5.45. The van der Waals surface area contributed by atoms with Crippen molar-refractivity contribution in [2.75, 3.05) is 31.5 Å². The van der Waals surface area contributed by atoms with E-state index in [1.807, 2.05) is 0 Å². The fourth-order valence-electron chi connectivity index (χ4n) is 1.55. The van der Waals surface area contributed by atoms with Crippen LogP contribution in [0.4, 0.5) is 14.5 Å². The van der Waals surface area contributed by atoms with Gasteiger partial charge in [0.2, 0.25) is 0 Å². The monoisotopic (exact) mass is 228 g/mol. The Bertz CT molecular complexity index is 305. The average molecular weight is 228 g/mol. The van der Waals surface area contributed by atoms with Crippen molar-refractivity contribution in [2.24, 2.45) is 0 Å². The van der Waals surface area contributed by atoms with E-state index in [1.165, 1.54) is 18.2 Å². The molecule has 0 aliphatic rings. The standard InChI is InChI=1S/C12H18F2N2/c1-3-16(4-2)9-8-15-12-10(13)6-5-7-11(12)14/h5-7,15H,3-4,8-9H2,1-2H3. The molecule has 0 heterocycles. The van der Waals surface area contributed by atoms with E-state index in [0.717, 1.165) is 19.6 Å². The number of halogens is 2. The molecule has 0 radical (unpaired) electrons. The molecule has 0 aliphatic carbocycles. The van der Waals surface area contributed by atoms with Gasteiger partial charge in [0, 0.05) is 13.1 Å². The van der Waals surface area contributed by atoms with E-state index in [0.29, 0.717) is 6.54 Å². The number of para-hydroxylation sites is 1. The fourth-order valence-corrected chi connectivity index (χ4v) is 1.55. The van der Waals surface area contributed by atoms with Gasteiger partial charge in [0.15, 0.2) is 0 Å². The van der Waals surface area contributed by atoms with Gasteiger partial charge in [0.25, 0.3) is 0 Å². The molecule has 1 rings (SSSR count). The Balaban J connectivity index is 2.48. The Morgan fingerprint density at radius 3 is 2.19 bits per heavy atom. The molecule has 0 spiro atoms. The molecule has 2 nitrogen and oxygen atoms in total. The van der Waals surface area contributed by atoms with Crippen molar-refractivity contribution in [3.8, 4) is 0 Å². The molecule has 1 N–H and O–H groups in total. The van der Waals surface area contributed by atoms with Gasteiger partial charge in [0.1, 0.15) is 17.3 Å². The summed E-state index contributed by atoms with van der Waals surface area (Å²) in [6, 6.07) is 3.87. The molecular weight excluding hydrogens is 210 g/mol. The smallest absolute Gasteiger partial charge is 0.149 e. The zero-order valence-corrected chi connectivity index (χ0v) is 9.76. The first kappa shape index (κ1) is 12.9. The normalized spacial score (nSPS) is 10.8. The van der Waals surface area contributed by atoms with Crippen molar-refractivity contribution in [1.29, 1.82) is 0 Å². The van der Waals surface area contributed by atoms with E-state index in [9.17, 15) is 8.78 Å².